The van der Waals surface area contributed by atoms with E-state index in [0.717, 1.165) is 24.1 Å². The van der Waals surface area contributed by atoms with Gasteiger partial charge in [0.15, 0.2) is 11.5 Å². The molecule has 6 heteroatoms. The van der Waals surface area contributed by atoms with Crippen molar-refractivity contribution in [2.45, 2.75) is 19.8 Å². The molecule has 23 heavy (non-hydrogen) atoms. The SMILES string of the molecule is CCOC(=O)N1CCC/C1=C/c1cc(OC)c(OC)c(OC)c1. The summed E-state index contributed by atoms with van der Waals surface area (Å²) >= 11 is 0. The average molecular weight is 321 g/mol. The van der Waals surface area contributed by atoms with Crippen LogP contribution in [0.2, 0.25) is 0 Å². The highest BCUT2D eigenvalue weighted by molar-refractivity contribution is 5.73. The highest BCUT2D eigenvalue weighted by atomic mass is 16.6. The molecule has 1 aliphatic heterocycles. The van der Waals surface area contributed by atoms with Gasteiger partial charge in [0, 0.05) is 12.2 Å². The molecule has 0 bridgehead atoms. The largest absolute Gasteiger partial charge is 0.493 e. The predicted molar refractivity (Wildman–Crippen MR) is 87.0 cm³/mol. The zero-order valence-corrected chi connectivity index (χ0v) is 14.0. The first-order valence-electron chi connectivity index (χ1n) is 7.59. The van der Waals surface area contributed by atoms with Gasteiger partial charge < -0.3 is 18.9 Å². The molecule has 0 unspecified atom stereocenters. The molecular weight excluding hydrogens is 298 g/mol. The van der Waals surface area contributed by atoms with Crippen molar-refractivity contribution in [1.82, 2.24) is 4.90 Å². The highest BCUT2D eigenvalue weighted by Crippen LogP contribution is 2.39. The summed E-state index contributed by atoms with van der Waals surface area (Å²) in [5, 5.41) is 0. The first-order valence-corrected chi connectivity index (χ1v) is 7.59. The van der Waals surface area contributed by atoms with Crippen LogP contribution in [0, 0.1) is 0 Å². The predicted octanol–water partition coefficient (Wildman–Crippen LogP) is 3.31. The highest BCUT2D eigenvalue weighted by Gasteiger charge is 2.24. The molecule has 1 aromatic carbocycles. The first-order chi connectivity index (χ1) is 11.1. The molecular formula is C17H23NO5. The van der Waals surface area contributed by atoms with Gasteiger partial charge in [-0.05, 0) is 43.5 Å². The quantitative estimate of drug-likeness (QED) is 0.833. The van der Waals surface area contributed by atoms with E-state index in [1.807, 2.05) is 18.2 Å². The van der Waals surface area contributed by atoms with Crippen LogP contribution in [0.25, 0.3) is 6.08 Å². The van der Waals surface area contributed by atoms with E-state index in [4.69, 9.17) is 18.9 Å². The average Bonchev–Trinajstić information content (AvgIpc) is 3.02. The van der Waals surface area contributed by atoms with Crippen molar-refractivity contribution in [3.05, 3.63) is 23.4 Å². The van der Waals surface area contributed by atoms with Crippen molar-refractivity contribution in [1.29, 1.82) is 0 Å². The lowest BCUT2D eigenvalue weighted by Crippen LogP contribution is -2.27. The van der Waals surface area contributed by atoms with Gasteiger partial charge in [-0.25, -0.2) is 4.79 Å². The third-order valence-corrected chi connectivity index (χ3v) is 3.67. The lowest BCUT2D eigenvalue weighted by atomic mass is 10.1. The number of amides is 1. The fraction of sp³-hybridized carbons (Fsp3) is 0.471. The van der Waals surface area contributed by atoms with Crippen molar-refractivity contribution in [2.24, 2.45) is 0 Å². The minimum Gasteiger partial charge on any atom is -0.493 e. The second-order valence-corrected chi connectivity index (χ2v) is 5.05. The minimum absolute atomic E-state index is 0.302. The molecule has 0 radical (unpaired) electrons. The molecule has 1 aliphatic rings. The Morgan fingerprint density at radius 1 is 1.17 bits per heavy atom. The standard InChI is InChI=1S/C17H23NO5/c1-5-23-17(19)18-8-6-7-13(18)9-12-10-14(20-2)16(22-4)15(11-12)21-3/h9-11H,5-8H2,1-4H3/b13-9-. The van der Waals surface area contributed by atoms with Gasteiger partial charge in [0.2, 0.25) is 5.75 Å². The van der Waals surface area contributed by atoms with Gasteiger partial charge >= 0.3 is 6.09 Å². The summed E-state index contributed by atoms with van der Waals surface area (Å²) in [6.45, 7) is 2.85. The number of hydrogen-bond acceptors (Lipinski definition) is 5. The van der Waals surface area contributed by atoms with Gasteiger partial charge in [-0.1, -0.05) is 0 Å². The van der Waals surface area contributed by atoms with Gasteiger partial charge in [-0.2, -0.15) is 0 Å². The van der Waals surface area contributed by atoms with Gasteiger partial charge in [-0.15, -0.1) is 0 Å². The Hall–Kier alpha value is -2.37. The number of allylic oxidation sites excluding steroid dienone is 1. The summed E-state index contributed by atoms with van der Waals surface area (Å²) in [4.78, 5) is 13.7. The molecule has 0 saturated carbocycles. The Labute approximate surface area is 136 Å². The summed E-state index contributed by atoms with van der Waals surface area (Å²) in [6, 6.07) is 3.71. The molecule has 1 saturated heterocycles. The summed E-state index contributed by atoms with van der Waals surface area (Å²) in [6.07, 6.45) is 3.41. The summed E-state index contributed by atoms with van der Waals surface area (Å²) in [5.41, 5.74) is 1.81. The number of methoxy groups -OCH3 is 3. The van der Waals surface area contributed by atoms with Crippen molar-refractivity contribution in [2.75, 3.05) is 34.5 Å². The molecule has 1 aromatic rings. The number of nitrogens with zero attached hydrogens (tertiary/aromatic N) is 1. The van der Waals surface area contributed by atoms with Crippen LogP contribution in [0.3, 0.4) is 0 Å². The zero-order chi connectivity index (χ0) is 16.8. The molecule has 0 atom stereocenters. The van der Waals surface area contributed by atoms with Gasteiger partial charge in [0.1, 0.15) is 0 Å². The second-order valence-electron chi connectivity index (χ2n) is 5.05. The number of carbonyl (C=O) groups is 1. The normalized spacial score (nSPS) is 15.7. The number of carbonyl (C=O) groups excluding carboxylic acids is 1. The Morgan fingerprint density at radius 2 is 1.83 bits per heavy atom. The Kier molecular flexibility index (Phi) is 5.73. The van der Waals surface area contributed by atoms with E-state index >= 15 is 0 Å². The fourth-order valence-corrected chi connectivity index (χ4v) is 2.63. The number of hydrogen-bond donors (Lipinski definition) is 0. The summed E-state index contributed by atoms with van der Waals surface area (Å²) in [7, 11) is 4.72. The molecule has 1 amide bonds. The number of benzene rings is 1. The minimum atomic E-state index is -0.302. The number of rotatable bonds is 5. The van der Waals surface area contributed by atoms with Crippen molar-refractivity contribution in [3.63, 3.8) is 0 Å². The third-order valence-electron chi connectivity index (χ3n) is 3.67. The third kappa shape index (κ3) is 3.70. The second kappa shape index (κ2) is 7.76. The van der Waals surface area contributed by atoms with Crippen LogP contribution in [-0.4, -0.2) is 45.5 Å². The molecule has 2 rings (SSSR count). The maximum Gasteiger partial charge on any atom is 0.414 e. The number of ether oxygens (including phenoxy) is 4. The van der Waals surface area contributed by atoms with E-state index in [9.17, 15) is 4.79 Å². The van der Waals surface area contributed by atoms with Crippen molar-refractivity contribution >= 4 is 12.2 Å². The molecule has 0 spiro atoms. The van der Waals surface area contributed by atoms with Crippen LogP contribution >= 0.6 is 0 Å². The van der Waals surface area contributed by atoms with E-state index in [2.05, 4.69) is 0 Å². The summed E-state index contributed by atoms with van der Waals surface area (Å²) in [5.74, 6) is 1.71. The van der Waals surface area contributed by atoms with Crippen LogP contribution in [0.1, 0.15) is 25.3 Å². The molecule has 1 heterocycles. The Bertz CT molecular complexity index is 572. The molecule has 1 fully saturated rings. The van der Waals surface area contributed by atoms with E-state index < -0.39 is 0 Å². The lowest BCUT2D eigenvalue weighted by molar-refractivity contribution is 0.123. The van der Waals surface area contributed by atoms with Crippen LogP contribution in [0.4, 0.5) is 4.79 Å². The van der Waals surface area contributed by atoms with Crippen LogP contribution in [0.5, 0.6) is 17.2 Å². The molecule has 0 aromatic heterocycles. The first kappa shape index (κ1) is 17.0. The molecule has 0 N–H and O–H groups in total. The fourth-order valence-electron chi connectivity index (χ4n) is 2.63. The molecule has 0 aliphatic carbocycles. The maximum atomic E-state index is 12.0. The summed E-state index contributed by atoms with van der Waals surface area (Å²) < 4.78 is 21.1. The Balaban J connectivity index is 2.36. The molecule has 6 nitrogen and oxygen atoms in total. The topological polar surface area (TPSA) is 57.2 Å². The van der Waals surface area contributed by atoms with Crippen LogP contribution < -0.4 is 14.2 Å². The van der Waals surface area contributed by atoms with E-state index in [-0.39, 0.29) is 6.09 Å². The maximum absolute atomic E-state index is 12.0. The lowest BCUT2D eigenvalue weighted by Gasteiger charge is -2.18. The van der Waals surface area contributed by atoms with Gasteiger partial charge in [0.05, 0.1) is 27.9 Å². The van der Waals surface area contributed by atoms with E-state index in [1.54, 1.807) is 33.2 Å². The Morgan fingerprint density at radius 3 is 2.35 bits per heavy atom. The zero-order valence-electron chi connectivity index (χ0n) is 14.0. The van der Waals surface area contributed by atoms with Crippen LogP contribution in [-0.2, 0) is 4.74 Å². The van der Waals surface area contributed by atoms with E-state index in [1.165, 1.54) is 0 Å². The smallest absolute Gasteiger partial charge is 0.414 e. The van der Waals surface area contributed by atoms with Crippen molar-refractivity contribution < 1.29 is 23.7 Å². The molecule has 126 valence electrons. The number of likely N-dealkylation sites (tertiary alicyclic amines) is 1. The van der Waals surface area contributed by atoms with Crippen molar-refractivity contribution in [3.8, 4) is 17.2 Å². The van der Waals surface area contributed by atoms with Gasteiger partial charge in [-0.3, -0.25) is 4.90 Å². The van der Waals surface area contributed by atoms with Crippen LogP contribution in [0.15, 0.2) is 17.8 Å². The monoisotopic (exact) mass is 321 g/mol. The van der Waals surface area contributed by atoms with Gasteiger partial charge in [0.25, 0.3) is 0 Å². The van der Waals surface area contributed by atoms with E-state index in [0.29, 0.717) is 30.4 Å².